The number of benzene rings is 2. The Morgan fingerprint density at radius 1 is 1.10 bits per heavy atom. The van der Waals surface area contributed by atoms with E-state index in [0.29, 0.717) is 31.2 Å². The summed E-state index contributed by atoms with van der Waals surface area (Å²) in [5, 5.41) is 3.02. The van der Waals surface area contributed by atoms with E-state index in [-0.39, 0.29) is 12.1 Å². The standard InChI is InChI=1S/C24H25N3O4/c1-29-19-9-6-17(7-10-19)22-16-31-14-13-27(22)24(28)26-21-15-18(8-11-23(21)30-2)20-5-3-4-12-25-20/h3-12,15,22H,13-14,16H2,1-2H3,(H,26,28). The van der Waals surface area contributed by atoms with Gasteiger partial charge in [-0.1, -0.05) is 18.2 Å². The molecule has 0 aliphatic carbocycles. The fourth-order valence-electron chi connectivity index (χ4n) is 3.63. The van der Waals surface area contributed by atoms with Crippen molar-refractivity contribution in [1.29, 1.82) is 0 Å². The number of carbonyl (C=O) groups is 1. The SMILES string of the molecule is COc1ccc(C2COCCN2C(=O)Nc2cc(-c3ccccn3)ccc2OC)cc1. The normalized spacial score (nSPS) is 15.9. The first-order chi connectivity index (χ1) is 15.2. The second-order valence-electron chi connectivity index (χ2n) is 7.12. The van der Waals surface area contributed by atoms with Crippen LogP contribution in [0.1, 0.15) is 11.6 Å². The Labute approximate surface area is 181 Å². The number of aromatic nitrogens is 1. The van der Waals surface area contributed by atoms with E-state index in [9.17, 15) is 4.79 Å². The van der Waals surface area contributed by atoms with Gasteiger partial charge in [-0.2, -0.15) is 0 Å². The number of ether oxygens (including phenoxy) is 3. The van der Waals surface area contributed by atoms with Crippen LogP contribution in [0.3, 0.4) is 0 Å². The fourth-order valence-corrected chi connectivity index (χ4v) is 3.63. The number of anilines is 1. The Hall–Kier alpha value is -3.58. The van der Waals surface area contributed by atoms with Gasteiger partial charge in [0.05, 0.1) is 44.9 Å². The fraction of sp³-hybridized carbons (Fsp3) is 0.250. The van der Waals surface area contributed by atoms with Crippen molar-refractivity contribution >= 4 is 11.7 Å². The molecule has 160 valence electrons. The number of urea groups is 1. The highest BCUT2D eigenvalue weighted by Crippen LogP contribution is 2.32. The van der Waals surface area contributed by atoms with E-state index >= 15 is 0 Å². The van der Waals surface area contributed by atoms with E-state index in [0.717, 1.165) is 22.6 Å². The molecule has 1 saturated heterocycles. The van der Waals surface area contributed by atoms with Crippen LogP contribution in [0.15, 0.2) is 66.9 Å². The van der Waals surface area contributed by atoms with Gasteiger partial charge in [-0.25, -0.2) is 4.79 Å². The number of carbonyl (C=O) groups excluding carboxylic acids is 1. The van der Waals surface area contributed by atoms with Crippen molar-refractivity contribution in [2.24, 2.45) is 0 Å². The van der Waals surface area contributed by atoms with Crippen LogP contribution in [-0.2, 0) is 4.74 Å². The molecule has 0 radical (unpaired) electrons. The van der Waals surface area contributed by atoms with Crippen LogP contribution < -0.4 is 14.8 Å². The summed E-state index contributed by atoms with van der Waals surface area (Å²) in [5.41, 5.74) is 3.30. The number of morpholine rings is 1. The van der Waals surface area contributed by atoms with Gasteiger partial charge < -0.3 is 24.4 Å². The summed E-state index contributed by atoms with van der Waals surface area (Å²) < 4.78 is 16.4. The number of rotatable bonds is 5. The number of hydrogen-bond donors (Lipinski definition) is 1. The lowest BCUT2D eigenvalue weighted by atomic mass is 10.0. The molecule has 31 heavy (non-hydrogen) atoms. The minimum absolute atomic E-state index is 0.190. The van der Waals surface area contributed by atoms with Gasteiger partial charge in [0.2, 0.25) is 0 Å². The third-order valence-corrected chi connectivity index (χ3v) is 5.29. The zero-order valence-corrected chi connectivity index (χ0v) is 17.6. The van der Waals surface area contributed by atoms with Gasteiger partial charge in [0, 0.05) is 18.3 Å². The first-order valence-electron chi connectivity index (χ1n) is 10.1. The predicted molar refractivity (Wildman–Crippen MR) is 119 cm³/mol. The van der Waals surface area contributed by atoms with Crippen LogP contribution in [0.2, 0.25) is 0 Å². The van der Waals surface area contributed by atoms with E-state index in [2.05, 4.69) is 10.3 Å². The van der Waals surface area contributed by atoms with Crippen LogP contribution in [0, 0.1) is 0 Å². The van der Waals surface area contributed by atoms with Gasteiger partial charge >= 0.3 is 6.03 Å². The van der Waals surface area contributed by atoms with E-state index in [1.165, 1.54) is 0 Å². The van der Waals surface area contributed by atoms with Crippen LogP contribution in [0.5, 0.6) is 11.5 Å². The van der Waals surface area contributed by atoms with E-state index in [1.807, 2.05) is 60.7 Å². The maximum atomic E-state index is 13.3. The molecule has 0 saturated carbocycles. The lowest BCUT2D eigenvalue weighted by molar-refractivity contribution is 0.0147. The number of nitrogens with one attached hydrogen (secondary N) is 1. The quantitative estimate of drug-likeness (QED) is 0.665. The van der Waals surface area contributed by atoms with Crippen molar-refractivity contribution in [3.8, 4) is 22.8 Å². The van der Waals surface area contributed by atoms with Gasteiger partial charge in [-0.15, -0.1) is 0 Å². The number of amides is 2. The largest absolute Gasteiger partial charge is 0.497 e. The van der Waals surface area contributed by atoms with Crippen LogP contribution >= 0.6 is 0 Å². The molecule has 1 aliphatic rings. The smallest absolute Gasteiger partial charge is 0.322 e. The topological polar surface area (TPSA) is 72.9 Å². The second kappa shape index (κ2) is 9.49. The van der Waals surface area contributed by atoms with Crippen molar-refractivity contribution in [3.05, 3.63) is 72.4 Å². The second-order valence-corrected chi connectivity index (χ2v) is 7.12. The maximum absolute atomic E-state index is 13.3. The van der Waals surface area contributed by atoms with Gasteiger partial charge in [-0.3, -0.25) is 4.98 Å². The van der Waals surface area contributed by atoms with Crippen molar-refractivity contribution < 1.29 is 19.0 Å². The van der Waals surface area contributed by atoms with Crippen LogP contribution in [0.25, 0.3) is 11.3 Å². The average Bonchev–Trinajstić information content (AvgIpc) is 2.84. The Bertz CT molecular complexity index is 1020. The molecule has 7 heteroatoms. The molecule has 1 unspecified atom stereocenters. The first-order valence-corrected chi connectivity index (χ1v) is 10.1. The minimum Gasteiger partial charge on any atom is -0.497 e. The maximum Gasteiger partial charge on any atom is 0.322 e. The number of methoxy groups -OCH3 is 2. The van der Waals surface area contributed by atoms with Gasteiger partial charge in [-0.05, 0) is 48.0 Å². The zero-order chi connectivity index (χ0) is 21.6. The molecule has 4 rings (SSSR count). The summed E-state index contributed by atoms with van der Waals surface area (Å²) in [6.45, 7) is 1.42. The Morgan fingerprint density at radius 3 is 2.65 bits per heavy atom. The number of hydrogen-bond acceptors (Lipinski definition) is 5. The molecule has 3 aromatic rings. The monoisotopic (exact) mass is 419 g/mol. The molecule has 1 N–H and O–H groups in total. The summed E-state index contributed by atoms with van der Waals surface area (Å²) in [4.78, 5) is 19.4. The first kappa shape index (κ1) is 20.7. The molecule has 2 aromatic carbocycles. The highest BCUT2D eigenvalue weighted by Gasteiger charge is 2.29. The molecular weight excluding hydrogens is 394 g/mol. The molecular formula is C24H25N3O4. The van der Waals surface area contributed by atoms with Crippen molar-refractivity contribution in [2.75, 3.05) is 39.3 Å². The van der Waals surface area contributed by atoms with Crippen LogP contribution in [-0.4, -0.2) is 49.9 Å². The summed E-state index contributed by atoms with van der Waals surface area (Å²) in [6, 6.07) is 18.7. The minimum atomic E-state index is -0.208. The van der Waals surface area contributed by atoms with E-state index in [4.69, 9.17) is 14.2 Å². The van der Waals surface area contributed by atoms with Gasteiger partial charge in [0.15, 0.2) is 0 Å². The summed E-state index contributed by atoms with van der Waals surface area (Å²) in [6.07, 6.45) is 1.74. The van der Waals surface area contributed by atoms with Crippen molar-refractivity contribution in [1.82, 2.24) is 9.88 Å². The Kier molecular flexibility index (Phi) is 6.33. The lowest BCUT2D eigenvalue weighted by Gasteiger charge is -2.36. The molecule has 1 aromatic heterocycles. The third-order valence-electron chi connectivity index (χ3n) is 5.29. The summed E-state index contributed by atoms with van der Waals surface area (Å²) >= 11 is 0. The Morgan fingerprint density at radius 2 is 1.94 bits per heavy atom. The Balaban J connectivity index is 1.58. The molecule has 0 spiro atoms. The molecule has 0 bridgehead atoms. The number of pyridine rings is 1. The third kappa shape index (κ3) is 4.62. The zero-order valence-electron chi connectivity index (χ0n) is 17.6. The molecule has 2 amide bonds. The molecule has 1 atom stereocenters. The predicted octanol–water partition coefficient (Wildman–Crippen LogP) is 4.37. The highest BCUT2D eigenvalue weighted by atomic mass is 16.5. The van der Waals surface area contributed by atoms with Gasteiger partial charge in [0.25, 0.3) is 0 Å². The lowest BCUT2D eigenvalue weighted by Crippen LogP contribution is -2.45. The van der Waals surface area contributed by atoms with Crippen molar-refractivity contribution in [3.63, 3.8) is 0 Å². The van der Waals surface area contributed by atoms with Gasteiger partial charge in [0.1, 0.15) is 11.5 Å². The molecule has 2 heterocycles. The van der Waals surface area contributed by atoms with Crippen molar-refractivity contribution in [2.45, 2.75) is 6.04 Å². The number of nitrogens with zero attached hydrogens (tertiary/aromatic N) is 2. The van der Waals surface area contributed by atoms with E-state index < -0.39 is 0 Å². The average molecular weight is 419 g/mol. The molecule has 7 nitrogen and oxygen atoms in total. The summed E-state index contributed by atoms with van der Waals surface area (Å²) in [7, 11) is 3.21. The molecule has 1 fully saturated rings. The summed E-state index contributed by atoms with van der Waals surface area (Å²) in [5.74, 6) is 1.36. The van der Waals surface area contributed by atoms with Crippen LogP contribution in [0.4, 0.5) is 10.5 Å². The molecule has 1 aliphatic heterocycles. The van der Waals surface area contributed by atoms with E-state index in [1.54, 1.807) is 25.3 Å². The highest BCUT2D eigenvalue weighted by molar-refractivity contribution is 5.92.